The van der Waals surface area contributed by atoms with Crippen molar-refractivity contribution in [2.45, 2.75) is 24.8 Å². The molecule has 3 aromatic rings. The molecule has 0 bridgehead atoms. The van der Waals surface area contributed by atoms with Gasteiger partial charge >= 0.3 is 0 Å². The SMILES string of the molecule is COc1ccc(S(=O)(=O)N2C[C@@H](C(=O)Nc3ccc(C)cc3)Oc3cc(C)ccc32)cc1. The average molecular weight is 453 g/mol. The fraction of sp³-hybridized carbons (Fsp3) is 0.208. The smallest absolute Gasteiger partial charge is 0.267 e. The lowest BCUT2D eigenvalue weighted by Gasteiger charge is -2.35. The molecule has 1 aliphatic heterocycles. The Labute approximate surface area is 187 Å². The van der Waals surface area contributed by atoms with Crippen LogP contribution < -0.4 is 19.1 Å². The van der Waals surface area contributed by atoms with Gasteiger partial charge in [-0.1, -0.05) is 23.8 Å². The van der Waals surface area contributed by atoms with Crippen molar-refractivity contribution in [3.05, 3.63) is 77.9 Å². The number of nitrogens with zero attached hydrogens (tertiary/aromatic N) is 1. The first-order valence-electron chi connectivity index (χ1n) is 10.1. The van der Waals surface area contributed by atoms with Crippen molar-refractivity contribution in [3.63, 3.8) is 0 Å². The summed E-state index contributed by atoms with van der Waals surface area (Å²) in [5.41, 5.74) is 2.97. The van der Waals surface area contributed by atoms with Gasteiger partial charge in [-0.3, -0.25) is 9.10 Å². The Bertz CT molecular complexity index is 1240. The Morgan fingerprint density at radius 1 is 1.00 bits per heavy atom. The fourth-order valence-electron chi connectivity index (χ4n) is 3.46. The van der Waals surface area contributed by atoms with Gasteiger partial charge in [-0.05, 0) is 67.9 Å². The molecule has 0 saturated carbocycles. The number of sulfonamides is 1. The Morgan fingerprint density at radius 2 is 1.66 bits per heavy atom. The second-order valence-electron chi connectivity index (χ2n) is 7.64. The van der Waals surface area contributed by atoms with Crippen LogP contribution in [0.1, 0.15) is 11.1 Å². The van der Waals surface area contributed by atoms with Crippen molar-refractivity contribution in [3.8, 4) is 11.5 Å². The summed E-state index contributed by atoms with van der Waals surface area (Å²) in [4.78, 5) is 13.1. The summed E-state index contributed by atoms with van der Waals surface area (Å²) >= 11 is 0. The van der Waals surface area contributed by atoms with Gasteiger partial charge in [0, 0.05) is 5.69 Å². The van der Waals surface area contributed by atoms with Crippen molar-refractivity contribution >= 4 is 27.3 Å². The summed E-state index contributed by atoms with van der Waals surface area (Å²) in [5.74, 6) is 0.477. The van der Waals surface area contributed by atoms with E-state index in [4.69, 9.17) is 9.47 Å². The second kappa shape index (κ2) is 8.55. The van der Waals surface area contributed by atoms with Crippen LogP contribution in [0.15, 0.2) is 71.6 Å². The summed E-state index contributed by atoms with van der Waals surface area (Å²) in [5, 5.41) is 2.81. The molecule has 0 radical (unpaired) electrons. The summed E-state index contributed by atoms with van der Waals surface area (Å²) in [6, 6.07) is 18.7. The van der Waals surface area contributed by atoms with Gasteiger partial charge < -0.3 is 14.8 Å². The first kappa shape index (κ1) is 21.7. The summed E-state index contributed by atoms with van der Waals surface area (Å²) in [6.07, 6.45) is -1.02. The van der Waals surface area contributed by atoms with Gasteiger partial charge in [-0.2, -0.15) is 0 Å². The standard InChI is InChI=1S/C24H24N2O5S/c1-16-4-7-18(8-5-16)25-24(27)23-15-26(21-13-6-17(2)14-22(21)31-23)32(28,29)20-11-9-19(30-3)10-12-20/h4-14,23H,15H2,1-3H3,(H,25,27)/t23-/m0/s1. The van der Waals surface area contributed by atoms with E-state index in [-0.39, 0.29) is 11.4 Å². The van der Waals surface area contributed by atoms with Crippen molar-refractivity contribution < 1.29 is 22.7 Å². The van der Waals surface area contributed by atoms with Gasteiger partial charge in [0.05, 0.1) is 24.2 Å². The number of aryl methyl sites for hydroxylation is 2. The highest BCUT2D eigenvalue weighted by atomic mass is 32.2. The van der Waals surface area contributed by atoms with Crippen molar-refractivity contribution in [2.75, 3.05) is 23.3 Å². The number of amides is 1. The molecule has 0 spiro atoms. The van der Waals surface area contributed by atoms with Crippen LogP contribution in [0.2, 0.25) is 0 Å². The molecule has 4 rings (SSSR count). The average Bonchev–Trinajstić information content (AvgIpc) is 2.79. The van der Waals surface area contributed by atoms with Gasteiger partial charge in [0.1, 0.15) is 11.5 Å². The molecule has 8 heteroatoms. The number of carbonyl (C=O) groups excluding carboxylic acids is 1. The molecular formula is C24H24N2O5S. The molecule has 7 nitrogen and oxygen atoms in total. The molecule has 0 unspecified atom stereocenters. The molecule has 1 aliphatic rings. The highest BCUT2D eigenvalue weighted by Crippen LogP contribution is 2.38. The van der Waals surface area contributed by atoms with Crippen LogP contribution in [0.5, 0.6) is 11.5 Å². The zero-order valence-electron chi connectivity index (χ0n) is 18.0. The molecule has 1 heterocycles. The number of methoxy groups -OCH3 is 1. The summed E-state index contributed by atoms with van der Waals surface area (Å²) < 4.78 is 39.3. The molecule has 1 N–H and O–H groups in total. The Kier molecular flexibility index (Phi) is 5.80. The first-order chi connectivity index (χ1) is 15.3. The molecule has 0 fully saturated rings. The van der Waals surface area contributed by atoms with Crippen molar-refractivity contribution in [2.24, 2.45) is 0 Å². The van der Waals surface area contributed by atoms with E-state index in [1.165, 1.54) is 23.5 Å². The highest BCUT2D eigenvalue weighted by molar-refractivity contribution is 7.92. The number of ether oxygens (including phenoxy) is 2. The third kappa shape index (κ3) is 4.27. The van der Waals surface area contributed by atoms with Crippen LogP contribution in [0, 0.1) is 13.8 Å². The van der Waals surface area contributed by atoms with E-state index in [1.54, 1.807) is 36.4 Å². The van der Waals surface area contributed by atoms with E-state index in [9.17, 15) is 13.2 Å². The third-order valence-electron chi connectivity index (χ3n) is 5.24. The van der Waals surface area contributed by atoms with E-state index in [0.717, 1.165) is 11.1 Å². The number of benzene rings is 3. The number of nitrogens with one attached hydrogen (secondary N) is 1. The number of rotatable bonds is 5. The maximum Gasteiger partial charge on any atom is 0.267 e. The third-order valence-corrected chi connectivity index (χ3v) is 7.04. The molecule has 3 aromatic carbocycles. The lowest BCUT2D eigenvalue weighted by molar-refractivity contribution is -0.122. The van der Waals surface area contributed by atoms with Crippen LogP contribution in [0.4, 0.5) is 11.4 Å². The maximum atomic E-state index is 13.5. The van der Waals surface area contributed by atoms with Crippen LogP contribution in [0.25, 0.3) is 0 Å². The molecule has 0 saturated heterocycles. The number of hydrogen-bond acceptors (Lipinski definition) is 5. The quantitative estimate of drug-likeness (QED) is 0.635. The Morgan fingerprint density at radius 3 is 2.31 bits per heavy atom. The van der Waals surface area contributed by atoms with Gasteiger partial charge in [-0.15, -0.1) is 0 Å². The van der Waals surface area contributed by atoms with Crippen molar-refractivity contribution in [1.82, 2.24) is 0 Å². The lowest BCUT2D eigenvalue weighted by atomic mass is 10.1. The molecule has 0 aromatic heterocycles. The van der Waals surface area contributed by atoms with E-state index < -0.39 is 22.0 Å². The van der Waals surface area contributed by atoms with Crippen LogP contribution in [-0.2, 0) is 14.8 Å². The first-order valence-corrected chi connectivity index (χ1v) is 11.5. The van der Waals surface area contributed by atoms with Gasteiger partial charge in [-0.25, -0.2) is 8.42 Å². The summed E-state index contributed by atoms with van der Waals surface area (Å²) in [7, 11) is -2.43. The predicted molar refractivity (Wildman–Crippen MR) is 123 cm³/mol. The molecular weight excluding hydrogens is 428 g/mol. The Balaban J connectivity index is 1.68. The van der Waals surface area contributed by atoms with E-state index in [0.29, 0.717) is 22.9 Å². The monoisotopic (exact) mass is 452 g/mol. The largest absolute Gasteiger partial charge is 0.497 e. The molecule has 1 amide bonds. The normalized spacial score (nSPS) is 15.5. The fourth-order valence-corrected chi connectivity index (χ4v) is 4.94. The Hall–Kier alpha value is -3.52. The molecule has 32 heavy (non-hydrogen) atoms. The van der Waals surface area contributed by atoms with Crippen LogP contribution in [-0.4, -0.2) is 34.1 Å². The second-order valence-corrected chi connectivity index (χ2v) is 9.51. The predicted octanol–water partition coefficient (Wildman–Crippen LogP) is 3.91. The zero-order valence-corrected chi connectivity index (χ0v) is 18.8. The van der Waals surface area contributed by atoms with Gasteiger partial charge in [0.2, 0.25) is 0 Å². The number of hydrogen-bond donors (Lipinski definition) is 1. The number of carbonyl (C=O) groups is 1. The number of anilines is 2. The molecule has 0 aliphatic carbocycles. The van der Waals surface area contributed by atoms with Crippen LogP contribution >= 0.6 is 0 Å². The minimum absolute atomic E-state index is 0.101. The van der Waals surface area contributed by atoms with Crippen LogP contribution in [0.3, 0.4) is 0 Å². The van der Waals surface area contributed by atoms with Gasteiger partial charge in [0.15, 0.2) is 6.10 Å². The minimum atomic E-state index is -3.94. The molecule has 1 atom stereocenters. The van der Waals surface area contributed by atoms with Gasteiger partial charge in [0.25, 0.3) is 15.9 Å². The maximum absolute atomic E-state index is 13.5. The molecule has 166 valence electrons. The number of fused-ring (bicyclic) bond motifs is 1. The van der Waals surface area contributed by atoms with E-state index in [2.05, 4.69) is 5.32 Å². The summed E-state index contributed by atoms with van der Waals surface area (Å²) in [6.45, 7) is 3.68. The highest BCUT2D eigenvalue weighted by Gasteiger charge is 2.37. The topological polar surface area (TPSA) is 84.9 Å². The lowest BCUT2D eigenvalue weighted by Crippen LogP contribution is -2.48. The zero-order chi connectivity index (χ0) is 22.9. The van der Waals surface area contributed by atoms with E-state index >= 15 is 0 Å². The van der Waals surface area contributed by atoms with Crippen molar-refractivity contribution in [1.29, 1.82) is 0 Å². The minimum Gasteiger partial charge on any atom is -0.497 e. The van der Waals surface area contributed by atoms with E-state index in [1.807, 2.05) is 32.0 Å².